The first-order valence-electron chi connectivity index (χ1n) is 13.0. The minimum Gasteiger partial charge on any atom is -0.477 e. The SMILES string of the molecule is CC1=CC[C@H](C(=O)N(c2cc(C(C)(C)C)sc2C(=O)O)C2CCC(Oc3ccccn3)CC2)[C@@H](C)C1. The molecule has 1 fully saturated rings. The summed E-state index contributed by atoms with van der Waals surface area (Å²) in [6.45, 7) is 10.5. The van der Waals surface area contributed by atoms with Gasteiger partial charge in [0, 0.05) is 29.1 Å². The van der Waals surface area contributed by atoms with E-state index >= 15 is 0 Å². The number of amides is 1. The van der Waals surface area contributed by atoms with Crippen LogP contribution in [-0.4, -0.2) is 34.1 Å². The second-order valence-electron chi connectivity index (χ2n) is 11.4. The van der Waals surface area contributed by atoms with Crippen LogP contribution in [-0.2, 0) is 10.2 Å². The molecule has 2 heterocycles. The van der Waals surface area contributed by atoms with Crippen molar-refractivity contribution in [2.45, 2.75) is 90.7 Å². The predicted molar refractivity (Wildman–Crippen MR) is 144 cm³/mol. The second kappa shape index (κ2) is 10.8. The van der Waals surface area contributed by atoms with Crippen molar-refractivity contribution in [2.75, 3.05) is 4.90 Å². The van der Waals surface area contributed by atoms with E-state index in [-0.39, 0.29) is 40.2 Å². The Balaban J connectivity index is 1.64. The first-order valence-corrected chi connectivity index (χ1v) is 13.8. The van der Waals surface area contributed by atoms with E-state index in [4.69, 9.17) is 4.74 Å². The number of carboxylic acids is 1. The lowest BCUT2D eigenvalue weighted by atomic mass is 9.79. The van der Waals surface area contributed by atoms with Crippen molar-refractivity contribution in [3.63, 3.8) is 0 Å². The number of pyridine rings is 1. The van der Waals surface area contributed by atoms with E-state index in [1.807, 2.05) is 29.2 Å². The van der Waals surface area contributed by atoms with E-state index in [1.165, 1.54) is 16.9 Å². The first-order chi connectivity index (χ1) is 17.0. The molecule has 1 saturated carbocycles. The average molecular weight is 511 g/mol. The van der Waals surface area contributed by atoms with Crippen LogP contribution in [0.1, 0.15) is 87.7 Å². The van der Waals surface area contributed by atoms with Crippen LogP contribution in [0.3, 0.4) is 0 Å². The highest BCUT2D eigenvalue weighted by molar-refractivity contribution is 7.14. The highest BCUT2D eigenvalue weighted by Gasteiger charge is 2.39. The largest absolute Gasteiger partial charge is 0.477 e. The number of nitrogens with zero attached hydrogens (tertiary/aromatic N) is 2. The fraction of sp³-hybridized carbons (Fsp3) is 0.552. The zero-order valence-electron chi connectivity index (χ0n) is 22.0. The lowest BCUT2D eigenvalue weighted by Gasteiger charge is -2.40. The highest BCUT2D eigenvalue weighted by atomic mass is 32.1. The molecular weight excluding hydrogens is 472 g/mol. The molecule has 7 heteroatoms. The normalized spacial score (nSPS) is 24.6. The molecule has 1 amide bonds. The molecule has 194 valence electrons. The number of hydrogen-bond acceptors (Lipinski definition) is 5. The summed E-state index contributed by atoms with van der Waals surface area (Å²) in [7, 11) is 0. The Morgan fingerprint density at radius 1 is 1.17 bits per heavy atom. The fourth-order valence-corrected chi connectivity index (χ4v) is 6.45. The summed E-state index contributed by atoms with van der Waals surface area (Å²) in [5.74, 6) is -0.212. The van der Waals surface area contributed by atoms with E-state index in [2.05, 4.69) is 45.7 Å². The topological polar surface area (TPSA) is 79.7 Å². The standard InChI is InChI=1S/C29H38N2O4S/c1-18-9-14-22(19(2)16-18)27(32)31(23-17-24(29(3,4)5)36-26(23)28(33)34)20-10-12-21(13-11-20)35-25-8-6-7-15-30-25/h6-9,15,17,19-22H,10-14,16H2,1-5H3,(H,33,34)/t19-,20?,21?,22-/m0/s1. The van der Waals surface area contributed by atoms with Crippen LogP contribution in [0.25, 0.3) is 0 Å². The number of rotatable bonds is 6. The highest BCUT2D eigenvalue weighted by Crippen LogP contribution is 2.42. The molecule has 0 saturated heterocycles. The number of allylic oxidation sites excluding steroid dienone is 2. The number of aromatic carboxylic acids is 1. The molecule has 0 spiro atoms. The fourth-order valence-electron chi connectivity index (χ4n) is 5.40. The van der Waals surface area contributed by atoms with Gasteiger partial charge in [0.25, 0.3) is 0 Å². The third-order valence-corrected chi connectivity index (χ3v) is 8.98. The summed E-state index contributed by atoms with van der Waals surface area (Å²) in [5.41, 5.74) is 1.69. The van der Waals surface area contributed by atoms with Gasteiger partial charge >= 0.3 is 5.97 Å². The summed E-state index contributed by atoms with van der Waals surface area (Å²) < 4.78 is 6.09. The molecule has 2 aliphatic carbocycles. The number of thiophene rings is 1. The van der Waals surface area contributed by atoms with Crippen molar-refractivity contribution in [3.8, 4) is 5.88 Å². The molecule has 2 aromatic heterocycles. The van der Waals surface area contributed by atoms with Gasteiger partial charge in [0.1, 0.15) is 11.0 Å². The second-order valence-corrected chi connectivity index (χ2v) is 12.4. The van der Waals surface area contributed by atoms with E-state index in [9.17, 15) is 14.7 Å². The van der Waals surface area contributed by atoms with Gasteiger partial charge in [0.05, 0.1) is 5.69 Å². The Kier molecular flexibility index (Phi) is 7.88. The summed E-state index contributed by atoms with van der Waals surface area (Å²) in [6, 6.07) is 7.54. The van der Waals surface area contributed by atoms with Gasteiger partial charge in [-0.05, 0) is 68.9 Å². The van der Waals surface area contributed by atoms with Crippen molar-refractivity contribution in [1.29, 1.82) is 0 Å². The van der Waals surface area contributed by atoms with E-state index in [1.54, 1.807) is 6.20 Å². The molecular formula is C29H38N2O4S. The van der Waals surface area contributed by atoms with Crippen LogP contribution in [0.2, 0.25) is 0 Å². The minimum absolute atomic E-state index is 0.0406. The number of carboxylic acid groups (broad SMARTS) is 1. The lowest BCUT2D eigenvalue weighted by Crippen LogP contribution is -2.48. The van der Waals surface area contributed by atoms with Gasteiger partial charge in [-0.3, -0.25) is 4.79 Å². The summed E-state index contributed by atoms with van der Waals surface area (Å²) in [6.07, 6.45) is 8.66. The lowest BCUT2D eigenvalue weighted by molar-refractivity contribution is -0.124. The van der Waals surface area contributed by atoms with E-state index in [0.717, 1.165) is 37.0 Å². The Bertz CT molecular complexity index is 1110. The summed E-state index contributed by atoms with van der Waals surface area (Å²) in [5, 5.41) is 10.1. The van der Waals surface area contributed by atoms with Gasteiger partial charge in [-0.25, -0.2) is 9.78 Å². The van der Waals surface area contributed by atoms with Crippen LogP contribution < -0.4 is 9.64 Å². The van der Waals surface area contributed by atoms with Gasteiger partial charge in [-0.2, -0.15) is 0 Å². The number of hydrogen-bond donors (Lipinski definition) is 1. The van der Waals surface area contributed by atoms with Crippen molar-refractivity contribution in [3.05, 3.63) is 51.9 Å². The van der Waals surface area contributed by atoms with Gasteiger partial charge in [0.15, 0.2) is 0 Å². The Morgan fingerprint density at radius 3 is 2.47 bits per heavy atom. The Morgan fingerprint density at radius 2 is 1.89 bits per heavy atom. The number of ether oxygens (including phenoxy) is 1. The maximum atomic E-state index is 14.2. The number of aromatic nitrogens is 1. The van der Waals surface area contributed by atoms with Gasteiger partial charge in [-0.15, -0.1) is 11.3 Å². The molecule has 2 atom stereocenters. The van der Waals surface area contributed by atoms with Gasteiger partial charge in [0.2, 0.25) is 11.8 Å². The molecule has 2 aromatic rings. The molecule has 0 aromatic carbocycles. The smallest absolute Gasteiger partial charge is 0.348 e. The summed E-state index contributed by atoms with van der Waals surface area (Å²) >= 11 is 1.30. The van der Waals surface area contributed by atoms with Crippen molar-refractivity contribution < 1.29 is 19.4 Å². The number of anilines is 1. The molecule has 1 N–H and O–H groups in total. The molecule has 6 nitrogen and oxygen atoms in total. The molecule has 36 heavy (non-hydrogen) atoms. The minimum atomic E-state index is -0.970. The van der Waals surface area contributed by atoms with Crippen molar-refractivity contribution >= 4 is 28.9 Å². The van der Waals surface area contributed by atoms with Crippen LogP contribution in [0.5, 0.6) is 5.88 Å². The maximum Gasteiger partial charge on any atom is 0.348 e. The quantitative estimate of drug-likeness (QED) is 0.430. The Labute approximate surface area is 218 Å². The molecule has 0 unspecified atom stereocenters. The van der Waals surface area contributed by atoms with E-state index < -0.39 is 5.97 Å². The van der Waals surface area contributed by atoms with Crippen LogP contribution in [0.15, 0.2) is 42.1 Å². The summed E-state index contributed by atoms with van der Waals surface area (Å²) in [4.78, 5) is 33.9. The average Bonchev–Trinajstić information content (AvgIpc) is 3.27. The monoisotopic (exact) mass is 510 g/mol. The molecule has 0 bridgehead atoms. The van der Waals surface area contributed by atoms with Gasteiger partial charge in [-0.1, -0.05) is 45.4 Å². The Hall–Kier alpha value is -2.67. The third-order valence-electron chi connectivity index (χ3n) is 7.45. The first kappa shape index (κ1) is 26.4. The van der Waals surface area contributed by atoms with Crippen LogP contribution >= 0.6 is 11.3 Å². The molecule has 0 radical (unpaired) electrons. The van der Waals surface area contributed by atoms with Gasteiger partial charge < -0.3 is 14.7 Å². The zero-order valence-corrected chi connectivity index (χ0v) is 22.8. The van der Waals surface area contributed by atoms with Crippen molar-refractivity contribution in [1.82, 2.24) is 4.98 Å². The maximum absolute atomic E-state index is 14.2. The molecule has 0 aliphatic heterocycles. The number of carbonyl (C=O) groups is 2. The van der Waals surface area contributed by atoms with Crippen molar-refractivity contribution in [2.24, 2.45) is 11.8 Å². The van der Waals surface area contributed by atoms with Crippen LogP contribution in [0, 0.1) is 11.8 Å². The van der Waals surface area contributed by atoms with E-state index in [0.29, 0.717) is 18.0 Å². The van der Waals surface area contributed by atoms with Crippen LogP contribution in [0.4, 0.5) is 5.69 Å². The molecule has 2 aliphatic rings. The third kappa shape index (κ3) is 5.83. The number of carbonyl (C=O) groups excluding carboxylic acids is 1. The predicted octanol–water partition coefficient (Wildman–Crippen LogP) is 6.85. The molecule has 4 rings (SSSR count). The zero-order chi connectivity index (χ0) is 26.0.